The van der Waals surface area contributed by atoms with Crippen LogP contribution in [0.15, 0.2) is 30.8 Å². The summed E-state index contributed by atoms with van der Waals surface area (Å²) >= 11 is 0. The molecule has 22 heavy (non-hydrogen) atoms. The highest BCUT2D eigenvalue weighted by Gasteiger charge is 2.30. The molecule has 0 spiro atoms. The molecule has 0 heterocycles. The summed E-state index contributed by atoms with van der Waals surface area (Å²) in [5.74, 6) is 3.87. The first-order valence-electron chi connectivity index (χ1n) is 8.98. The largest absolute Gasteiger partial charge is 0.0985 e. The molecular weight excluding hydrogens is 264 g/mol. The molecule has 2 aliphatic carbocycles. The zero-order chi connectivity index (χ0) is 14.7. The molecule has 0 aliphatic heterocycles. The molecule has 3 rings (SSSR count). The van der Waals surface area contributed by atoms with E-state index in [0.29, 0.717) is 0 Å². The van der Waals surface area contributed by atoms with Crippen LogP contribution in [0.3, 0.4) is 0 Å². The van der Waals surface area contributed by atoms with Gasteiger partial charge < -0.3 is 0 Å². The quantitative estimate of drug-likeness (QED) is 0.540. The van der Waals surface area contributed by atoms with Gasteiger partial charge in [-0.1, -0.05) is 64.1 Å². The lowest BCUT2D eigenvalue weighted by molar-refractivity contribution is 0.165. The van der Waals surface area contributed by atoms with Crippen molar-refractivity contribution in [3.05, 3.63) is 42.0 Å². The lowest BCUT2D eigenvalue weighted by Crippen LogP contribution is -2.24. The van der Waals surface area contributed by atoms with Crippen LogP contribution in [-0.4, -0.2) is 0 Å². The van der Waals surface area contributed by atoms with Crippen LogP contribution in [0.1, 0.15) is 85.6 Å². The van der Waals surface area contributed by atoms with E-state index in [0.717, 1.165) is 23.7 Å². The fourth-order valence-electron chi connectivity index (χ4n) is 4.59. The molecule has 0 nitrogen and oxygen atoms in total. The molecule has 0 N–H and O–H groups in total. The highest BCUT2D eigenvalue weighted by molar-refractivity contribution is 5.47. The molecule has 0 heteroatoms. The van der Waals surface area contributed by atoms with Crippen LogP contribution in [0.2, 0.25) is 0 Å². The normalized spacial score (nSPS) is 32.0. The van der Waals surface area contributed by atoms with Gasteiger partial charge in [0.15, 0.2) is 0 Å². The number of hydrogen-bond acceptors (Lipinski definition) is 0. The summed E-state index contributed by atoms with van der Waals surface area (Å²) in [5, 5.41) is 0. The van der Waals surface area contributed by atoms with E-state index in [9.17, 15) is 0 Å². The van der Waals surface area contributed by atoms with Gasteiger partial charge >= 0.3 is 0 Å². The van der Waals surface area contributed by atoms with E-state index in [1.54, 1.807) is 5.56 Å². The Bertz CT molecular complexity index is 449. The molecular formula is C22H38. The van der Waals surface area contributed by atoms with Crippen molar-refractivity contribution in [2.75, 3.05) is 0 Å². The van der Waals surface area contributed by atoms with Crippen LogP contribution in [0.4, 0.5) is 0 Å². The summed E-state index contributed by atoms with van der Waals surface area (Å²) < 4.78 is 0. The molecule has 1 aromatic carbocycles. The molecule has 1 aromatic rings. The number of hydrogen-bond donors (Lipinski definition) is 0. The topological polar surface area (TPSA) is 0 Å². The summed E-state index contributed by atoms with van der Waals surface area (Å²) in [5.41, 5.74) is 2.79. The Labute approximate surface area is 141 Å². The standard InChI is InChI=1S/C21H30.CH4.2H2/c1-3-17-6-10-19(11-7-17)21-14-12-20(13-15-21)18-8-4-16(2)5-9-18;;;/h3,6-7,10-11,16,18,20-21H,1,4-5,8-9,12-15H2,2H3;1H4;2*1H. The first kappa shape index (κ1) is 17.3. The third-order valence-electron chi connectivity index (χ3n) is 6.14. The van der Waals surface area contributed by atoms with E-state index >= 15 is 0 Å². The highest BCUT2D eigenvalue weighted by atomic mass is 14.4. The van der Waals surface area contributed by atoms with E-state index in [1.807, 2.05) is 6.08 Å². The van der Waals surface area contributed by atoms with E-state index in [4.69, 9.17) is 0 Å². The van der Waals surface area contributed by atoms with E-state index in [2.05, 4.69) is 37.8 Å². The Balaban J connectivity index is 0.00000176. The summed E-state index contributed by atoms with van der Waals surface area (Å²) in [6.45, 7) is 6.27. The van der Waals surface area contributed by atoms with Gasteiger partial charge in [0, 0.05) is 2.85 Å². The summed E-state index contributed by atoms with van der Waals surface area (Å²) in [4.78, 5) is 0. The van der Waals surface area contributed by atoms with Crippen molar-refractivity contribution in [2.45, 2.75) is 71.6 Å². The molecule has 2 saturated carbocycles. The van der Waals surface area contributed by atoms with E-state index in [-0.39, 0.29) is 10.3 Å². The summed E-state index contributed by atoms with van der Waals surface area (Å²) in [6, 6.07) is 9.09. The minimum Gasteiger partial charge on any atom is -0.0985 e. The van der Waals surface area contributed by atoms with Gasteiger partial charge in [-0.2, -0.15) is 0 Å². The monoisotopic (exact) mass is 302 g/mol. The van der Waals surface area contributed by atoms with Crippen molar-refractivity contribution < 1.29 is 2.85 Å². The maximum Gasteiger partial charge on any atom is 0 e. The highest BCUT2D eigenvalue weighted by Crippen LogP contribution is 2.43. The van der Waals surface area contributed by atoms with Crippen LogP contribution in [-0.2, 0) is 0 Å². The van der Waals surface area contributed by atoms with Crippen molar-refractivity contribution in [3.63, 3.8) is 0 Å². The van der Waals surface area contributed by atoms with Gasteiger partial charge in [-0.05, 0) is 73.3 Å². The zero-order valence-electron chi connectivity index (χ0n) is 13.6. The number of benzene rings is 1. The molecule has 2 aliphatic rings. The smallest absolute Gasteiger partial charge is 0 e. The second-order valence-electron chi connectivity index (χ2n) is 7.50. The molecule has 0 saturated heterocycles. The molecule has 0 atom stereocenters. The van der Waals surface area contributed by atoms with Crippen molar-refractivity contribution in [1.29, 1.82) is 0 Å². The zero-order valence-corrected chi connectivity index (χ0v) is 13.6. The Kier molecular flexibility index (Phi) is 6.29. The first-order chi connectivity index (χ1) is 10.3. The Hall–Kier alpha value is -1.04. The molecule has 2 fully saturated rings. The van der Waals surface area contributed by atoms with Crippen LogP contribution in [0.5, 0.6) is 0 Å². The van der Waals surface area contributed by atoms with Gasteiger partial charge in [0.25, 0.3) is 0 Å². The minimum absolute atomic E-state index is 0. The van der Waals surface area contributed by atoms with E-state index in [1.165, 1.54) is 56.9 Å². The molecule has 0 aromatic heterocycles. The van der Waals surface area contributed by atoms with Gasteiger partial charge in [-0.3, -0.25) is 0 Å². The fourth-order valence-corrected chi connectivity index (χ4v) is 4.59. The number of rotatable bonds is 3. The van der Waals surface area contributed by atoms with Crippen LogP contribution in [0, 0.1) is 17.8 Å². The van der Waals surface area contributed by atoms with Crippen molar-refractivity contribution in [2.24, 2.45) is 17.8 Å². The third kappa shape index (κ3) is 4.03. The second-order valence-corrected chi connectivity index (χ2v) is 7.50. The summed E-state index contributed by atoms with van der Waals surface area (Å²) in [7, 11) is 0. The second kappa shape index (κ2) is 7.99. The maximum atomic E-state index is 3.84. The minimum atomic E-state index is 0. The molecule has 0 bridgehead atoms. The lowest BCUT2D eigenvalue weighted by atomic mass is 9.68. The Morgan fingerprint density at radius 3 is 1.86 bits per heavy atom. The maximum absolute atomic E-state index is 3.84. The predicted molar refractivity (Wildman–Crippen MR) is 103 cm³/mol. The Morgan fingerprint density at radius 2 is 1.36 bits per heavy atom. The van der Waals surface area contributed by atoms with Gasteiger partial charge in [-0.15, -0.1) is 0 Å². The van der Waals surface area contributed by atoms with Crippen LogP contribution >= 0.6 is 0 Å². The lowest BCUT2D eigenvalue weighted by Gasteiger charge is -2.37. The summed E-state index contributed by atoms with van der Waals surface area (Å²) in [6.07, 6.45) is 13.6. The van der Waals surface area contributed by atoms with Crippen molar-refractivity contribution in [3.8, 4) is 0 Å². The predicted octanol–water partition coefficient (Wildman–Crippen LogP) is 7.56. The van der Waals surface area contributed by atoms with Crippen LogP contribution in [0.25, 0.3) is 6.08 Å². The van der Waals surface area contributed by atoms with Crippen molar-refractivity contribution in [1.82, 2.24) is 0 Å². The van der Waals surface area contributed by atoms with Crippen LogP contribution < -0.4 is 0 Å². The Morgan fingerprint density at radius 1 is 0.864 bits per heavy atom. The fraction of sp³-hybridized carbons (Fsp3) is 0.636. The van der Waals surface area contributed by atoms with Gasteiger partial charge in [0.2, 0.25) is 0 Å². The molecule has 126 valence electrons. The molecule has 0 unspecified atom stereocenters. The average Bonchev–Trinajstić information content (AvgIpc) is 2.56. The van der Waals surface area contributed by atoms with Gasteiger partial charge in [-0.25, -0.2) is 0 Å². The third-order valence-corrected chi connectivity index (χ3v) is 6.14. The first-order valence-corrected chi connectivity index (χ1v) is 8.98. The van der Waals surface area contributed by atoms with Gasteiger partial charge in [0.1, 0.15) is 0 Å². The van der Waals surface area contributed by atoms with Crippen molar-refractivity contribution >= 4 is 6.08 Å². The molecule has 0 amide bonds. The molecule has 0 radical (unpaired) electrons. The van der Waals surface area contributed by atoms with E-state index < -0.39 is 0 Å². The van der Waals surface area contributed by atoms with Gasteiger partial charge in [0.05, 0.1) is 0 Å². The average molecular weight is 303 g/mol. The SMILES string of the molecule is C.C=Cc1ccc(C2CCC(C3CCC(C)CC3)CC2)cc1.[HH].[HH].